The Bertz CT molecular complexity index is 604. The molecule has 0 fully saturated rings. The van der Waals surface area contributed by atoms with Crippen LogP contribution in [-0.2, 0) is 6.42 Å². The molecule has 0 spiro atoms. The molecule has 1 aliphatic carbocycles. The summed E-state index contributed by atoms with van der Waals surface area (Å²) >= 11 is 1.87. The molecular formula is C16H21N3S. The van der Waals surface area contributed by atoms with Gasteiger partial charge in [-0.15, -0.1) is 11.3 Å². The van der Waals surface area contributed by atoms with Gasteiger partial charge in [-0.2, -0.15) is 0 Å². The second-order valence-electron chi connectivity index (χ2n) is 5.80. The molecule has 0 saturated heterocycles. The summed E-state index contributed by atoms with van der Waals surface area (Å²) in [6, 6.07) is 4.69. The fraction of sp³-hybridized carbons (Fsp3) is 0.500. The van der Waals surface area contributed by atoms with Crippen molar-refractivity contribution in [1.29, 1.82) is 0 Å². The highest BCUT2D eigenvalue weighted by atomic mass is 32.1. The van der Waals surface area contributed by atoms with Crippen molar-refractivity contribution in [3.05, 3.63) is 39.3 Å². The normalized spacial score (nSPS) is 18.1. The minimum Gasteiger partial charge on any atom is -0.347 e. The zero-order chi connectivity index (χ0) is 14.1. The highest BCUT2D eigenvalue weighted by Crippen LogP contribution is 2.35. The summed E-state index contributed by atoms with van der Waals surface area (Å²) < 4.78 is 0. The minimum absolute atomic E-state index is 0.367. The van der Waals surface area contributed by atoms with E-state index in [1.54, 1.807) is 0 Å². The van der Waals surface area contributed by atoms with Crippen LogP contribution in [0.2, 0.25) is 0 Å². The smallest absolute Gasteiger partial charge is 0.223 e. The van der Waals surface area contributed by atoms with E-state index in [4.69, 9.17) is 0 Å². The average Bonchev–Trinajstić information content (AvgIpc) is 2.87. The second kappa shape index (κ2) is 5.52. The van der Waals surface area contributed by atoms with E-state index >= 15 is 0 Å². The molecule has 1 unspecified atom stereocenters. The number of hydrogen-bond acceptors (Lipinski definition) is 4. The predicted octanol–water partition coefficient (Wildman–Crippen LogP) is 4.46. The number of nitrogens with zero attached hydrogens (tertiary/aromatic N) is 2. The molecule has 4 heteroatoms. The number of aromatic nitrogens is 2. The second-order valence-corrected chi connectivity index (χ2v) is 6.80. The van der Waals surface area contributed by atoms with Crippen molar-refractivity contribution in [2.45, 2.75) is 52.0 Å². The zero-order valence-corrected chi connectivity index (χ0v) is 13.1. The van der Waals surface area contributed by atoms with Gasteiger partial charge in [0.1, 0.15) is 0 Å². The highest BCUT2D eigenvalue weighted by Gasteiger charge is 2.22. The molecule has 1 atom stereocenters. The molecule has 0 amide bonds. The number of thiophene rings is 1. The van der Waals surface area contributed by atoms with Crippen LogP contribution < -0.4 is 5.32 Å². The molecule has 1 aliphatic rings. The van der Waals surface area contributed by atoms with Gasteiger partial charge in [0.05, 0.1) is 6.04 Å². The van der Waals surface area contributed by atoms with Crippen molar-refractivity contribution in [3.8, 4) is 0 Å². The first-order chi connectivity index (χ1) is 9.63. The molecule has 1 N–H and O–H groups in total. The van der Waals surface area contributed by atoms with Crippen LogP contribution in [-0.4, -0.2) is 9.97 Å². The molecule has 2 heterocycles. The number of fused-ring (bicyclic) bond motifs is 1. The van der Waals surface area contributed by atoms with E-state index in [2.05, 4.69) is 46.6 Å². The quantitative estimate of drug-likeness (QED) is 0.905. The lowest BCUT2D eigenvalue weighted by Gasteiger charge is -2.24. The summed E-state index contributed by atoms with van der Waals surface area (Å²) in [5.74, 6) is 1.21. The molecule has 0 aromatic carbocycles. The van der Waals surface area contributed by atoms with Gasteiger partial charge in [-0.25, -0.2) is 9.97 Å². The molecule has 3 nitrogen and oxygen atoms in total. The van der Waals surface area contributed by atoms with Gasteiger partial charge in [0.2, 0.25) is 5.95 Å². The van der Waals surface area contributed by atoms with Gasteiger partial charge in [-0.1, -0.05) is 13.8 Å². The Hall–Kier alpha value is -1.42. The van der Waals surface area contributed by atoms with Gasteiger partial charge in [0.25, 0.3) is 0 Å². The lowest BCUT2D eigenvalue weighted by molar-refractivity contribution is 0.603. The molecule has 20 heavy (non-hydrogen) atoms. The molecule has 2 aromatic rings. The van der Waals surface area contributed by atoms with Crippen LogP contribution in [0.5, 0.6) is 0 Å². The molecule has 0 bridgehead atoms. The van der Waals surface area contributed by atoms with Crippen molar-refractivity contribution in [1.82, 2.24) is 9.97 Å². The van der Waals surface area contributed by atoms with E-state index in [9.17, 15) is 0 Å². The third kappa shape index (κ3) is 2.70. The summed E-state index contributed by atoms with van der Waals surface area (Å²) in [5, 5.41) is 5.74. The van der Waals surface area contributed by atoms with E-state index in [1.165, 1.54) is 23.3 Å². The van der Waals surface area contributed by atoms with Gasteiger partial charge in [-0.3, -0.25) is 0 Å². The first-order valence-corrected chi connectivity index (χ1v) is 8.20. The SMILES string of the molecule is Cc1cc(C(C)C)nc(NC2CCCc3sccc32)n1. The van der Waals surface area contributed by atoms with Gasteiger partial charge in [0, 0.05) is 16.3 Å². The van der Waals surface area contributed by atoms with E-state index in [-0.39, 0.29) is 0 Å². The third-order valence-electron chi connectivity index (χ3n) is 3.82. The first-order valence-electron chi connectivity index (χ1n) is 7.32. The van der Waals surface area contributed by atoms with Crippen LogP contribution in [0.15, 0.2) is 17.5 Å². The van der Waals surface area contributed by atoms with E-state index in [1.807, 2.05) is 18.3 Å². The Kier molecular flexibility index (Phi) is 3.74. The summed E-state index contributed by atoms with van der Waals surface area (Å²) in [7, 11) is 0. The number of nitrogens with one attached hydrogen (secondary N) is 1. The molecular weight excluding hydrogens is 266 g/mol. The largest absolute Gasteiger partial charge is 0.347 e. The number of aryl methyl sites for hydroxylation is 2. The monoisotopic (exact) mass is 287 g/mol. The fourth-order valence-electron chi connectivity index (χ4n) is 2.75. The van der Waals surface area contributed by atoms with Gasteiger partial charge < -0.3 is 5.32 Å². The van der Waals surface area contributed by atoms with Gasteiger partial charge in [-0.05, 0) is 55.2 Å². The van der Waals surface area contributed by atoms with Crippen LogP contribution in [0, 0.1) is 6.92 Å². The molecule has 106 valence electrons. The van der Waals surface area contributed by atoms with Crippen LogP contribution >= 0.6 is 11.3 Å². The van der Waals surface area contributed by atoms with Crippen LogP contribution in [0.1, 0.15) is 60.5 Å². The van der Waals surface area contributed by atoms with Crippen molar-refractivity contribution < 1.29 is 0 Å². The standard InChI is InChI=1S/C16H21N3S/c1-10(2)14-9-11(3)17-16(19-14)18-13-5-4-6-15-12(13)7-8-20-15/h7-10,13H,4-6H2,1-3H3,(H,17,18,19). The summed E-state index contributed by atoms with van der Waals surface area (Å²) in [6.45, 7) is 6.38. The fourth-order valence-corrected chi connectivity index (χ4v) is 3.73. The molecule has 0 radical (unpaired) electrons. The average molecular weight is 287 g/mol. The highest BCUT2D eigenvalue weighted by molar-refractivity contribution is 7.10. The minimum atomic E-state index is 0.367. The molecule has 0 aliphatic heterocycles. The third-order valence-corrected chi connectivity index (χ3v) is 4.82. The van der Waals surface area contributed by atoms with Gasteiger partial charge in [0.15, 0.2) is 0 Å². The maximum atomic E-state index is 4.67. The van der Waals surface area contributed by atoms with Crippen molar-refractivity contribution in [2.24, 2.45) is 0 Å². The van der Waals surface area contributed by atoms with E-state index in [0.717, 1.165) is 23.8 Å². The lowest BCUT2D eigenvalue weighted by Crippen LogP contribution is -2.18. The van der Waals surface area contributed by atoms with Gasteiger partial charge >= 0.3 is 0 Å². The lowest BCUT2D eigenvalue weighted by atomic mass is 9.94. The summed E-state index contributed by atoms with van der Waals surface area (Å²) in [5.41, 5.74) is 3.59. The number of anilines is 1. The van der Waals surface area contributed by atoms with E-state index < -0.39 is 0 Å². The Morgan fingerprint density at radius 2 is 2.20 bits per heavy atom. The molecule has 2 aromatic heterocycles. The van der Waals surface area contributed by atoms with Crippen molar-refractivity contribution in [3.63, 3.8) is 0 Å². The van der Waals surface area contributed by atoms with Crippen LogP contribution in [0.3, 0.4) is 0 Å². The Morgan fingerprint density at radius 3 is 3.00 bits per heavy atom. The molecule has 3 rings (SSSR count). The zero-order valence-electron chi connectivity index (χ0n) is 12.3. The Morgan fingerprint density at radius 1 is 1.35 bits per heavy atom. The van der Waals surface area contributed by atoms with Crippen LogP contribution in [0.4, 0.5) is 5.95 Å². The number of rotatable bonds is 3. The van der Waals surface area contributed by atoms with Crippen molar-refractivity contribution in [2.75, 3.05) is 5.32 Å². The van der Waals surface area contributed by atoms with Crippen LogP contribution in [0.25, 0.3) is 0 Å². The maximum Gasteiger partial charge on any atom is 0.223 e. The summed E-state index contributed by atoms with van der Waals surface area (Å²) in [6.07, 6.45) is 3.63. The first kappa shape index (κ1) is 13.6. The Labute approximate surface area is 124 Å². The topological polar surface area (TPSA) is 37.8 Å². The van der Waals surface area contributed by atoms with E-state index in [0.29, 0.717) is 12.0 Å². The van der Waals surface area contributed by atoms with Crippen molar-refractivity contribution >= 4 is 17.3 Å². The number of hydrogen-bond donors (Lipinski definition) is 1. The predicted molar refractivity (Wildman–Crippen MR) is 84.5 cm³/mol. The Balaban J connectivity index is 1.86. The maximum absolute atomic E-state index is 4.67. The summed E-state index contributed by atoms with van der Waals surface area (Å²) in [4.78, 5) is 10.7. The molecule has 0 saturated carbocycles.